The second-order valence-electron chi connectivity index (χ2n) is 18.8. The quantitative estimate of drug-likeness (QED) is 0.137. The van der Waals surface area contributed by atoms with Crippen LogP contribution in [0.25, 0.3) is 89.0 Å². The van der Waals surface area contributed by atoms with Crippen molar-refractivity contribution >= 4 is 33.0 Å². The number of fused-ring (bicyclic) bond motifs is 4. The number of phenolic OH excluding ortho intramolecular Hbond substituents is 1. The summed E-state index contributed by atoms with van der Waals surface area (Å²) in [6.07, 6.45) is 1.75. The molecule has 6 aromatic carbocycles. The second-order valence-corrected chi connectivity index (χ2v) is 18.8. The second kappa shape index (κ2) is 15.1. The third kappa shape index (κ3) is 7.29. The maximum atomic E-state index is 12.4. The smallest absolute Gasteiger partial charge is 0.170 e. The van der Waals surface area contributed by atoms with E-state index in [0.717, 1.165) is 88.7 Å². The van der Waals surface area contributed by atoms with Crippen molar-refractivity contribution in [3.63, 3.8) is 0 Å². The van der Waals surface area contributed by atoms with E-state index in [-0.39, 0.29) is 44.4 Å². The molecule has 1 N–H and O–H groups in total. The van der Waals surface area contributed by atoms with E-state index in [1.54, 1.807) is 6.20 Å². The molecule has 0 aliphatic rings. The van der Waals surface area contributed by atoms with Gasteiger partial charge < -0.3 is 14.5 Å². The van der Waals surface area contributed by atoms with Crippen LogP contribution in [0.2, 0.25) is 0 Å². The number of aromatic hydroxyl groups is 1. The zero-order valence-corrected chi connectivity index (χ0v) is 37.8. The molecule has 0 spiro atoms. The van der Waals surface area contributed by atoms with Gasteiger partial charge in [0.25, 0.3) is 0 Å². The molecule has 0 amide bonds. The van der Waals surface area contributed by atoms with Crippen LogP contribution in [0.3, 0.4) is 0 Å². The van der Waals surface area contributed by atoms with Crippen molar-refractivity contribution in [2.75, 3.05) is 0 Å². The molecular formula is C54H49AuN3O2-2. The summed E-state index contributed by atoms with van der Waals surface area (Å²) in [5, 5.41) is 14.4. The Morgan fingerprint density at radius 3 is 1.98 bits per heavy atom. The van der Waals surface area contributed by atoms with E-state index in [4.69, 9.17) is 19.4 Å². The van der Waals surface area contributed by atoms with Crippen LogP contribution in [0.5, 0.6) is 5.75 Å². The van der Waals surface area contributed by atoms with Gasteiger partial charge in [-0.05, 0) is 73.2 Å². The van der Waals surface area contributed by atoms with Crippen LogP contribution in [0.1, 0.15) is 79.0 Å². The Kier molecular flexibility index (Phi) is 10.3. The maximum absolute atomic E-state index is 12.4. The maximum Gasteiger partial charge on any atom is 0.170 e. The fourth-order valence-corrected chi connectivity index (χ4v) is 8.15. The van der Waals surface area contributed by atoms with Gasteiger partial charge in [-0.15, -0.1) is 35.5 Å². The van der Waals surface area contributed by atoms with Gasteiger partial charge in [-0.1, -0.05) is 158 Å². The van der Waals surface area contributed by atoms with Gasteiger partial charge in [0.05, 0.1) is 12.0 Å². The predicted octanol–water partition coefficient (Wildman–Crippen LogP) is 14.2. The summed E-state index contributed by atoms with van der Waals surface area (Å²) < 4.78 is 6.03. The van der Waals surface area contributed by atoms with Gasteiger partial charge in [0, 0.05) is 38.9 Å². The van der Waals surface area contributed by atoms with Crippen molar-refractivity contribution in [2.24, 2.45) is 0 Å². The van der Waals surface area contributed by atoms with Crippen molar-refractivity contribution in [3.05, 3.63) is 150 Å². The number of rotatable bonds is 5. The van der Waals surface area contributed by atoms with Gasteiger partial charge in [0.2, 0.25) is 0 Å². The predicted molar refractivity (Wildman–Crippen MR) is 244 cm³/mol. The minimum absolute atomic E-state index is 0. The Bertz CT molecular complexity index is 3060. The monoisotopic (exact) mass is 968 g/mol. The SMILES string of the molecule is CC(C)(C)c1ccc(-c2c(-c3cc(C(C)(C)C)cc(C(C)(C)C)c3O)[n-]c3c(-c4[c-]c(-c5ncc6oc7ccccc7c6n5)ccc4)cccc23)c(-c2ccccc2)c1.[Au]. The first-order chi connectivity index (χ1) is 28.1. The van der Waals surface area contributed by atoms with Crippen molar-refractivity contribution in [1.82, 2.24) is 15.0 Å². The molecule has 6 heteroatoms. The third-order valence-electron chi connectivity index (χ3n) is 11.5. The molecule has 0 bridgehead atoms. The van der Waals surface area contributed by atoms with E-state index in [2.05, 4.69) is 153 Å². The number of para-hydroxylation sites is 2. The van der Waals surface area contributed by atoms with Crippen molar-refractivity contribution in [2.45, 2.75) is 78.6 Å². The number of furan rings is 1. The molecule has 0 aliphatic heterocycles. The number of benzene rings is 6. The third-order valence-corrected chi connectivity index (χ3v) is 11.5. The van der Waals surface area contributed by atoms with E-state index in [0.29, 0.717) is 11.4 Å². The molecule has 60 heavy (non-hydrogen) atoms. The topological polar surface area (TPSA) is 73.2 Å². The van der Waals surface area contributed by atoms with Gasteiger partial charge in [-0.25, -0.2) is 0 Å². The van der Waals surface area contributed by atoms with Gasteiger partial charge in [0.1, 0.15) is 16.8 Å². The first-order valence-electron chi connectivity index (χ1n) is 20.4. The van der Waals surface area contributed by atoms with Crippen molar-refractivity contribution in [1.29, 1.82) is 0 Å². The molecule has 1 radical (unpaired) electrons. The molecule has 3 aromatic heterocycles. The number of nitrogens with zero attached hydrogens (tertiary/aromatic N) is 3. The van der Waals surface area contributed by atoms with E-state index in [9.17, 15) is 5.11 Å². The Balaban J connectivity index is 0.00000499. The summed E-state index contributed by atoms with van der Waals surface area (Å²) in [6, 6.07) is 45.8. The largest absolute Gasteiger partial charge is 0.662 e. The minimum Gasteiger partial charge on any atom is -0.662 e. The van der Waals surface area contributed by atoms with Crippen LogP contribution in [0, 0.1) is 6.07 Å². The standard InChI is InChI=1S/C54H49N3O2.Au/c1-52(2,3)35-25-26-38(41(28-35)32-17-11-10-12-18-32)46-40-23-16-22-37(47(40)56-49(46)42-29-36(53(4,5)6)30-43(50(42)58)54(7,8)9)33-19-15-20-34(27-33)51-55-31-45-48(57-51)39-21-13-14-24-44(39)59-45;/h10-26,28-31,58H,1-9H3;/q-2;. The van der Waals surface area contributed by atoms with E-state index in [1.807, 2.05) is 36.4 Å². The van der Waals surface area contributed by atoms with Gasteiger partial charge in [0.15, 0.2) is 5.58 Å². The van der Waals surface area contributed by atoms with Crippen LogP contribution in [0.15, 0.2) is 132 Å². The number of aromatic nitrogens is 3. The van der Waals surface area contributed by atoms with Crippen molar-refractivity contribution in [3.8, 4) is 61.8 Å². The first-order valence-corrected chi connectivity index (χ1v) is 20.4. The molecule has 0 atom stereocenters. The summed E-state index contributed by atoms with van der Waals surface area (Å²) in [6.45, 7) is 19.9. The number of hydrogen-bond donors (Lipinski definition) is 1. The molecule has 0 aliphatic carbocycles. The van der Waals surface area contributed by atoms with Gasteiger partial charge >= 0.3 is 0 Å². The number of phenols is 1. The summed E-state index contributed by atoms with van der Waals surface area (Å²) in [5.74, 6) is 0.830. The molecule has 0 unspecified atom stereocenters. The van der Waals surface area contributed by atoms with Gasteiger partial charge in [-0.3, -0.25) is 9.97 Å². The van der Waals surface area contributed by atoms with Crippen LogP contribution in [-0.2, 0) is 38.6 Å². The average molecular weight is 969 g/mol. The first kappa shape index (κ1) is 41.0. The zero-order chi connectivity index (χ0) is 41.4. The Morgan fingerprint density at radius 2 is 1.25 bits per heavy atom. The minimum atomic E-state index is -0.315. The zero-order valence-electron chi connectivity index (χ0n) is 35.6. The molecule has 305 valence electrons. The van der Waals surface area contributed by atoms with Crippen LogP contribution in [0.4, 0.5) is 0 Å². The molecule has 5 nitrogen and oxygen atoms in total. The Labute approximate surface area is 368 Å². The average Bonchev–Trinajstić information content (AvgIpc) is 3.78. The molecule has 9 rings (SSSR count). The van der Waals surface area contributed by atoms with E-state index >= 15 is 0 Å². The summed E-state index contributed by atoms with van der Waals surface area (Å²) >= 11 is 0. The molecular weight excluding hydrogens is 920 g/mol. The van der Waals surface area contributed by atoms with E-state index < -0.39 is 0 Å². The van der Waals surface area contributed by atoms with Gasteiger partial charge in [-0.2, -0.15) is 5.52 Å². The summed E-state index contributed by atoms with van der Waals surface area (Å²) in [7, 11) is 0. The molecule has 0 saturated heterocycles. The molecule has 0 fully saturated rings. The van der Waals surface area contributed by atoms with Crippen LogP contribution < -0.4 is 4.98 Å². The molecule has 9 aromatic rings. The fraction of sp³-hybridized carbons (Fsp3) is 0.222. The summed E-state index contributed by atoms with van der Waals surface area (Å²) in [5.41, 5.74) is 14.1. The Morgan fingerprint density at radius 1 is 0.583 bits per heavy atom. The number of hydrogen-bond acceptors (Lipinski definition) is 4. The van der Waals surface area contributed by atoms with Crippen LogP contribution in [-0.4, -0.2) is 15.1 Å². The molecule has 3 heterocycles. The fourth-order valence-electron chi connectivity index (χ4n) is 8.15. The summed E-state index contributed by atoms with van der Waals surface area (Å²) in [4.78, 5) is 15.3. The normalized spacial score (nSPS) is 12.3. The van der Waals surface area contributed by atoms with E-state index in [1.165, 1.54) is 5.56 Å². The van der Waals surface area contributed by atoms with Crippen molar-refractivity contribution < 1.29 is 31.9 Å². The molecule has 0 saturated carbocycles. The Hall–Kier alpha value is -5.72. The van der Waals surface area contributed by atoms with Crippen LogP contribution >= 0.6 is 0 Å².